The molecule has 0 N–H and O–H groups in total. The second-order valence-corrected chi connectivity index (χ2v) is 11.4. The summed E-state index contributed by atoms with van der Waals surface area (Å²) in [5.74, 6) is 7.34. The van der Waals surface area contributed by atoms with Crippen LogP contribution in [0, 0.1) is 32.6 Å². The third-order valence-electron chi connectivity index (χ3n) is 8.41. The van der Waals surface area contributed by atoms with Crippen molar-refractivity contribution in [3.05, 3.63) is 184 Å². The Morgan fingerprint density at radius 1 is 0.476 bits per heavy atom. The van der Waals surface area contributed by atoms with Crippen molar-refractivity contribution in [2.24, 2.45) is 0 Å². The molecule has 0 spiro atoms. The van der Waals surface area contributed by atoms with E-state index in [4.69, 9.17) is 0 Å². The molecule has 0 aromatic heterocycles. The molecule has 42 heavy (non-hydrogen) atoms. The van der Waals surface area contributed by atoms with Crippen molar-refractivity contribution in [3.63, 3.8) is 0 Å². The average molecular weight is 537 g/mol. The van der Waals surface area contributed by atoms with Crippen LogP contribution >= 0.6 is 0 Å². The molecule has 0 nitrogen and oxygen atoms in total. The first-order valence-corrected chi connectivity index (χ1v) is 14.7. The summed E-state index contributed by atoms with van der Waals surface area (Å²) >= 11 is 0. The summed E-state index contributed by atoms with van der Waals surface area (Å²) in [7, 11) is 0. The zero-order valence-electron chi connectivity index (χ0n) is 24.3. The Kier molecular flexibility index (Phi) is 6.58. The minimum absolute atomic E-state index is 0.0897. The maximum atomic E-state index is 3.71. The normalized spacial score (nSPS) is 13.8. The van der Waals surface area contributed by atoms with Gasteiger partial charge in [-0.1, -0.05) is 150 Å². The summed E-state index contributed by atoms with van der Waals surface area (Å²) in [5.41, 5.74) is 14.8. The van der Waals surface area contributed by atoms with E-state index in [0.717, 1.165) is 11.1 Å². The second-order valence-electron chi connectivity index (χ2n) is 11.4. The van der Waals surface area contributed by atoms with Crippen molar-refractivity contribution >= 4 is 16.3 Å². The number of aryl methyl sites for hydroxylation is 3. The largest absolute Gasteiger partial charge is 0.0641 e. The third kappa shape index (κ3) is 4.64. The Hall–Kier alpha value is -5.12. The highest BCUT2D eigenvalue weighted by molar-refractivity contribution is 6.10. The molecule has 0 saturated heterocycles. The first-order chi connectivity index (χ1) is 20.6. The summed E-state index contributed by atoms with van der Waals surface area (Å²) in [6.07, 6.45) is 2.47. The van der Waals surface area contributed by atoms with Crippen LogP contribution in [0.2, 0.25) is 0 Å². The smallest absolute Gasteiger partial charge is 0.0375 e. The van der Waals surface area contributed by atoms with Gasteiger partial charge >= 0.3 is 0 Å². The molecule has 1 unspecified atom stereocenters. The average Bonchev–Trinajstić information content (AvgIpc) is 3.42. The van der Waals surface area contributed by atoms with Crippen LogP contribution in [0.5, 0.6) is 0 Å². The van der Waals surface area contributed by atoms with Crippen LogP contribution in [0.1, 0.15) is 56.0 Å². The predicted octanol–water partition coefficient (Wildman–Crippen LogP) is 10.4. The van der Waals surface area contributed by atoms with Crippen LogP contribution in [-0.4, -0.2) is 0 Å². The molecule has 0 heterocycles. The number of allylic oxidation sites excluding steroid dienone is 1. The van der Waals surface area contributed by atoms with Crippen molar-refractivity contribution in [2.45, 2.75) is 26.7 Å². The molecule has 0 amide bonds. The van der Waals surface area contributed by atoms with Crippen LogP contribution in [0.15, 0.2) is 133 Å². The molecule has 200 valence electrons. The van der Waals surface area contributed by atoms with Crippen molar-refractivity contribution in [3.8, 4) is 23.0 Å². The van der Waals surface area contributed by atoms with Crippen LogP contribution in [0.3, 0.4) is 0 Å². The van der Waals surface area contributed by atoms with E-state index in [1.807, 2.05) is 0 Å². The lowest BCUT2D eigenvalue weighted by atomic mass is 9.81. The molecule has 0 radical (unpaired) electrons. The minimum Gasteiger partial charge on any atom is -0.0641 e. The molecule has 6 aromatic carbocycles. The summed E-state index contributed by atoms with van der Waals surface area (Å²) in [4.78, 5) is 0. The molecule has 1 aliphatic rings. The van der Waals surface area contributed by atoms with E-state index < -0.39 is 0 Å². The van der Waals surface area contributed by atoms with Crippen LogP contribution in [0.4, 0.5) is 0 Å². The van der Waals surface area contributed by atoms with Gasteiger partial charge in [0.1, 0.15) is 0 Å². The Balaban J connectivity index is 1.61. The van der Waals surface area contributed by atoms with Gasteiger partial charge in [-0.25, -0.2) is 0 Å². The van der Waals surface area contributed by atoms with E-state index in [-0.39, 0.29) is 5.92 Å². The maximum absolute atomic E-state index is 3.71. The highest BCUT2D eigenvalue weighted by Crippen LogP contribution is 2.51. The lowest BCUT2D eigenvalue weighted by Gasteiger charge is -2.21. The van der Waals surface area contributed by atoms with Gasteiger partial charge < -0.3 is 0 Å². The van der Waals surface area contributed by atoms with E-state index in [0.29, 0.717) is 0 Å². The van der Waals surface area contributed by atoms with Crippen LogP contribution in [-0.2, 0) is 0 Å². The van der Waals surface area contributed by atoms with Gasteiger partial charge in [-0.3, -0.25) is 0 Å². The second kappa shape index (κ2) is 10.7. The summed E-state index contributed by atoms with van der Waals surface area (Å²) in [6, 6.07) is 46.2. The maximum Gasteiger partial charge on any atom is 0.0375 e. The molecule has 7 rings (SSSR count). The molecular formula is C42H32. The van der Waals surface area contributed by atoms with Gasteiger partial charge in [-0.2, -0.15) is 0 Å². The van der Waals surface area contributed by atoms with Gasteiger partial charge in [-0.15, -0.1) is 0 Å². The van der Waals surface area contributed by atoms with E-state index in [1.54, 1.807) is 0 Å². The molecule has 0 fully saturated rings. The third-order valence-corrected chi connectivity index (χ3v) is 8.41. The van der Waals surface area contributed by atoms with E-state index >= 15 is 0 Å². The van der Waals surface area contributed by atoms with Crippen molar-refractivity contribution in [2.75, 3.05) is 0 Å². The highest BCUT2D eigenvalue weighted by Gasteiger charge is 2.32. The first-order valence-electron chi connectivity index (χ1n) is 14.7. The SMILES string of the molecule is Cc1ccc(C#Cc2c3c(c(-c4ccc(C)cc4)c4ccccc24)C(c2ccccc2)=CC3c2ccc(C)cc2)cc1. The Morgan fingerprint density at radius 3 is 1.71 bits per heavy atom. The van der Waals surface area contributed by atoms with Crippen molar-refractivity contribution in [1.29, 1.82) is 0 Å². The number of hydrogen-bond acceptors (Lipinski definition) is 0. The van der Waals surface area contributed by atoms with Crippen LogP contribution in [0.25, 0.3) is 27.5 Å². The van der Waals surface area contributed by atoms with E-state index in [2.05, 4.69) is 166 Å². The van der Waals surface area contributed by atoms with Crippen molar-refractivity contribution in [1.82, 2.24) is 0 Å². The van der Waals surface area contributed by atoms with Gasteiger partial charge in [0.2, 0.25) is 0 Å². The van der Waals surface area contributed by atoms with Gasteiger partial charge in [0.25, 0.3) is 0 Å². The molecule has 6 aromatic rings. The first kappa shape index (κ1) is 25.8. The zero-order valence-corrected chi connectivity index (χ0v) is 24.3. The fourth-order valence-corrected chi connectivity index (χ4v) is 6.20. The lowest BCUT2D eigenvalue weighted by molar-refractivity contribution is 1.05. The number of benzene rings is 6. The number of hydrogen-bond donors (Lipinski definition) is 0. The van der Waals surface area contributed by atoms with E-state index in [9.17, 15) is 0 Å². The van der Waals surface area contributed by atoms with E-state index in [1.165, 1.54) is 66.4 Å². The molecule has 0 bridgehead atoms. The topological polar surface area (TPSA) is 0 Å². The lowest BCUT2D eigenvalue weighted by Crippen LogP contribution is -2.03. The minimum atomic E-state index is 0.0897. The quantitative estimate of drug-likeness (QED) is 0.197. The van der Waals surface area contributed by atoms with Gasteiger partial charge in [0.15, 0.2) is 0 Å². The Morgan fingerprint density at radius 2 is 1.05 bits per heavy atom. The molecular weight excluding hydrogens is 504 g/mol. The fraction of sp³-hybridized carbons (Fsp3) is 0.0952. The molecule has 0 saturated carbocycles. The Labute approximate surface area is 249 Å². The Bertz CT molecular complexity index is 2010. The van der Waals surface area contributed by atoms with Crippen molar-refractivity contribution < 1.29 is 0 Å². The summed E-state index contributed by atoms with van der Waals surface area (Å²) in [5, 5.41) is 2.44. The van der Waals surface area contributed by atoms with Gasteiger partial charge in [0.05, 0.1) is 0 Å². The highest BCUT2D eigenvalue weighted by atomic mass is 14.3. The van der Waals surface area contributed by atoms with Crippen LogP contribution < -0.4 is 0 Å². The molecule has 1 atom stereocenters. The number of rotatable bonds is 3. The number of fused-ring (bicyclic) bond motifs is 2. The van der Waals surface area contributed by atoms with Gasteiger partial charge in [-0.05, 0) is 82.6 Å². The molecule has 1 aliphatic carbocycles. The predicted molar refractivity (Wildman–Crippen MR) is 178 cm³/mol. The fourth-order valence-electron chi connectivity index (χ4n) is 6.20. The standard InChI is InChI=1S/C42H32/c1-28-13-19-31(20-14-28)21-26-37-35-11-7-8-12-36(35)40(34-24-17-30(3)18-25-34)42-39(32-9-5-4-6-10-32)27-38(41(37)42)33-22-15-29(2)16-23-33/h4-20,22-25,27,38H,1-3H3. The summed E-state index contributed by atoms with van der Waals surface area (Å²) in [6.45, 7) is 6.42. The summed E-state index contributed by atoms with van der Waals surface area (Å²) < 4.78 is 0. The monoisotopic (exact) mass is 536 g/mol. The molecule has 0 aliphatic heterocycles. The zero-order chi connectivity index (χ0) is 28.6. The molecule has 0 heteroatoms. The van der Waals surface area contributed by atoms with Gasteiger partial charge in [0, 0.05) is 17.0 Å².